The number of nitrogens with two attached hydrogens (primary N) is 1. The Morgan fingerprint density at radius 2 is 1.76 bits per heavy atom. The topological polar surface area (TPSA) is 115 Å². The van der Waals surface area contributed by atoms with Crippen LogP contribution in [0.1, 0.15) is 0 Å². The van der Waals surface area contributed by atoms with Crippen molar-refractivity contribution in [3.8, 4) is 11.1 Å². The summed E-state index contributed by atoms with van der Waals surface area (Å²) in [5, 5.41) is 11.7. The summed E-state index contributed by atoms with van der Waals surface area (Å²) in [7, 11) is 0. The summed E-state index contributed by atoms with van der Waals surface area (Å²) >= 11 is 0. The predicted molar refractivity (Wildman–Crippen MR) is 76.7 cm³/mol. The molecule has 6 nitrogen and oxygen atoms in total. The van der Waals surface area contributed by atoms with Crippen molar-refractivity contribution in [2.24, 2.45) is 0 Å². The van der Waals surface area contributed by atoms with Gasteiger partial charge in [0.15, 0.2) is 0 Å². The Morgan fingerprint density at radius 3 is 2.38 bits per heavy atom. The monoisotopic (exact) mass is 309 g/mol. The zero-order valence-electron chi connectivity index (χ0n) is 11.4. The Labute approximate surface area is 163 Å². The van der Waals surface area contributed by atoms with Crippen LogP contribution in [0.5, 0.6) is 0 Å². The number of aromatic nitrogens is 1. The maximum Gasteiger partial charge on any atom is 1.00 e. The van der Waals surface area contributed by atoms with E-state index in [2.05, 4.69) is 4.98 Å². The first kappa shape index (κ1) is 17.8. The summed E-state index contributed by atoms with van der Waals surface area (Å²) in [4.78, 5) is 13.4. The zero-order chi connectivity index (χ0) is 13.4. The van der Waals surface area contributed by atoms with Gasteiger partial charge in [-0.3, -0.25) is 10.1 Å². The second kappa shape index (κ2) is 7.17. The fraction of sp³-hybridized carbons (Fsp3) is 0. The molecule has 0 spiro atoms. The van der Waals surface area contributed by atoms with Crippen LogP contribution in [0.3, 0.4) is 0 Å². The number of nitrogen functional groups attached to an aromatic ring is 1. The molecule has 3 aromatic rings. The van der Waals surface area contributed by atoms with Crippen molar-refractivity contribution in [2.75, 3.05) is 5.73 Å². The van der Waals surface area contributed by atoms with Gasteiger partial charge in [-0.2, -0.15) is 0 Å². The zero-order valence-corrected chi connectivity index (χ0v) is 14.5. The molecule has 21 heavy (non-hydrogen) atoms. The minimum Gasteiger partial charge on any atom is -0.870 e. The van der Waals surface area contributed by atoms with E-state index < -0.39 is 4.92 Å². The molecule has 102 valence electrons. The van der Waals surface area contributed by atoms with E-state index in [-0.39, 0.29) is 62.5 Å². The predicted octanol–water partition coefficient (Wildman–Crippen LogP) is 0.152. The van der Waals surface area contributed by atoms with Crippen molar-refractivity contribution in [3.63, 3.8) is 0 Å². The number of benzene rings is 2. The van der Waals surface area contributed by atoms with Crippen molar-refractivity contribution < 1.29 is 61.8 Å². The Morgan fingerprint density at radius 1 is 1.10 bits per heavy atom. The van der Waals surface area contributed by atoms with Crippen LogP contribution >= 0.6 is 0 Å². The Bertz CT molecular complexity index is 769. The molecular weight excluding hydrogens is 297 g/mol. The van der Waals surface area contributed by atoms with Gasteiger partial charge in [-0.15, -0.1) is 0 Å². The van der Waals surface area contributed by atoms with Crippen LogP contribution in [-0.2, 0) is 0 Å². The quantitative estimate of drug-likeness (QED) is 0.303. The van der Waals surface area contributed by atoms with E-state index in [1.54, 1.807) is 12.1 Å². The molecule has 0 radical (unpaired) electrons. The van der Waals surface area contributed by atoms with Gasteiger partial charge >= 0.3 is 51.4 Å². The summed E-state index contributed by atoms with van der Waals surface area (Å²) in [5.41, 5.74) is 9.41. The Hall–Kier alpha value is -1.22. The number of hydrogen-bond acceptors (Lipinski definition) is 4. The molecule has 0 aliphatic carbocycles. The number of nitrogens with one attached hydrogen (secondary N) is 1. The smallest absolute Gasteiger partial charge is 0.870 e. The first-order valence-corrected chi connectivity index (χ1v) is 5.76. The molecule has 0 aliphatic heterocycles. The summed E-state index contributed by atoms with van der Waals surface area (Å²) in [6.07, 6.45) is 1.88. The second-order valence-corrected chi connectivity index (χ2v) is 4.31. The number of non-ortho nitro benzene ring substituents is 1. The number of fused-ring (bicyclic) bond motifs is 1. The number of nitro groups is 1. The van der Waals surface area contributed by atoms with Crippen LogP contribution in [0.4, 0.5) is 11.4 Å². The van der Waals surface area contributed by atoms with E-state index >= 15 is 0 Å². The Balaban J connectivity index is 0.00000110. The molecule has 0 saturated heterocycles. The minimum absolute atomic E-state index is 0. The van der Waals surface area contributed by atoms with E-state index in [4.69, 9.17) is 5.73 Å². The van der Waals surface area contributed by atoms with Crippen molar-refractivity contribution in [1.82, 2.24) is 4.98 Å². The number of rotatable bonds is 2. The SMILES string of the molecule is Nc1ccc2c(-c3ccc([N+](=O)[O-])cc3)c[nH]c2c1.[K+].[OH-]. The third kappa shape index (κ3) is 3.51. The van der Waals surface area contributed by atoms with Crippen molar-refractivity contribution >= 4 is 22.3 Å². The maximum absolute atomic E-state index is 10.6. The van der Waals surface area contributed by atoms with Crippen molar-refractivity contribution in [2.45, 2.75) is 0 Å². The van der Waals surface area contributed by atoms with Gasteiger partial charge in [0.25, 0.3) is 5.69 Å². The summed E-state index contributed by atoms with van der Waals surface area (Å²) in [6, 6.07) is 12.2. The molecule has 3 rings (SSSR count). The molecule has 0 unspecified atom stereocenters. The summed E-state index contributed by atoms with van der Waals surface area (Å²) < 4.78 is 0. The molecule has 0 amide bonds. The van der Waals surface area contributed by atoms with Crippen LogP contribution < -0.4 is 57.1 Å². The van der Waals surface area contributed by atoms with Gasteiger partial charge in [-0.1, -0.05) is 6.07 Å². The van der Waals surface area contributed by atoms with Crippen LogP contribution in [0.2, 0.25) is 0 Å². The Kier molecular flexibility index (Phi) is 6.08. The molecule has 0 fully saturated rings. The normalized spacial score (nSPS) is 9.71. The van der Waals surface area contributed by atoms with Crippen LogP contribution in [0, 0.1) is 10.1 Å². The van der Waals surface area contributed by atoms with Crippen molar-refractivity contribution in [3.05, 3.63) is 58.8 Å². The fourth-order valence-corrected chi connectivity index (χ4v) is 2.15. The van der Waals surface area contributed by atoms with Gasteiger partial charge in [0.1, 0.15) is 0 Å². The third-order valence-corrected chi connectivity index (χ3v) is 3.09. The molecule has 1 heterocycles. The number of anilines is 1. The van der Waals surface area contributed by atoms with E-state index in [0.717, 1.165) is 22.0 Å². The van der Waals surface area contributed by atoms with Crippen molar-refractivity contribution in [1.29, 1.82) is 0 Å². The van der Waals surface area contributed by atoms with Crippen LogP contribution in [0.25, 0.3) is 22.0 Å². The van der Waals surface area contributed by atoms with E-state index in [1.807, 2.05) is 24.4 Å². The molecule has 2 aromatic carbocycles. The van der Waals surface area contributed by atoms with Gasteiger partial charge in [-0.05, 0) is 29.8 Å². The maximum atomic E-state index is 10.6. The standard InChI is InChI=1S/C14H11N3O2.K.H2O/c15-10-3-6-12-13(8-16-14(12)7-10)9-1-4-11(5-2-9)17(18)19;;/h1-8,16H,15H2;;1H2/q;+1;/p-1. The van der Waals surface area contributed by atoms with Gasteiger partial charge in [0.05, 0.1) is 4.92 Å². The van der Waals surface area contributed by atoms with Gasteiger partial charge in [0.2, 0.25) is 0 Å². The molecule has 7 heteroatoms. The number of nitrogens with zero attached hydrogens (tertiary/aromatic N) is 1. The molecule has 1 aromatic heterocycles. The molecule has 0 aliphatic rings. The third-order valence-electron chi connectivity index (χ3n) is 3.09. The van der Waals surface area contributed by atoms with Gasteiger partial charge in [0, 0.05) is 40.5 Å². The van der Waals surface area contributed by atoms with E-state index in [0.29, 0.717) is 5.69 Å². The number of hydrogen-bond donors (Lipinski definition) is 2. The average molecular weight is 309 g/mol. The summed E-state index contributed by atoms with van der Waals surface area (Å²) in [6.45, 7) is 0. The minimum atomic E-state index is -0.403. The number of H-pyrrole nitrogens is 1. The molecule has 0 atom stereocenters. The first-order chi connectivity index (χ1) is 9.15. The second-order valence-electron chi connectivity index (χ2n) is 4.31. The number of nitro benzene ring substituents is 1. The largest absolute Gasteiger partial charge is 1.00 e. The van der Waals surface area contributed by atoms with Gasteiger partial charge < -0.3 is 16.2 Å². The molecule has 0 bridgehead atoms. The van der Waals surface area contributed by atoms with Crippen LogP contribution in [-0.4, -0.2) is 15.4 Å². The van der Waals surface area contributed by atoms with E-state index in [1.165, 1.54) is 12.1 Å². The van der Waals surface area contributed by atoms with Gasteiger partial charge in [-0.25, -0.2) is 0 Å². The fourth-order valence-electron chi connectivity index (χ4n) is 2.15. The van der Waals surface area contributed by atoms with Crippen LogP contribution in [0.15, 0.2) is 48.7 Å². The molecular formula is C14H12KN3O3. The first-order valence-electron chi connectivity index (χ1n) is 5.76. The average Bonchev–Trinajstić information content (AvgIpc) is 2.81. The summed E-state index contributed by atoms with van der Waals surface area (Å²) in [5.74, 6) is 0. The molecule has 0 saturated carbocycles. The molecule has 4 N–H and O–H groups in total. The number of aromatic amines is 1. The van der Waals surface area contributed by atoms with E-state index in [9.17, 15) is 10.1 Å².